The van der Waals surface area contributed by atoms with Gasteiger partial charge in [0.15, 0.2) is 0 Å². The Balaban J connectivity index is 2.20. The van der Waals surface area contributed by atoms with Crippen molar-refractivity contribution in [2.45, 2.75) is 50.5 Å². The van der Waals surface area contributed by atoms with Crippen molar-refractivity contribution in [2.24, 2.45) is 5.92 Å². The first-order chi connectivity index (χ1) is 12.8. The molecule has 2 rings (SSSR count). The summed E-state index contributed by atoms with van der Waals surface area (Å²) in [5.41, 5.74) is 0. The number of piperidine rings is 1. The molecule has 1 aromatic carbocycles. The lowest BCUT2D eigenvalue weighted by Gasteiger charge is -2.32. The minimum absolute atomic E-state index is 0.0600. The second kappa shape index (κ2) is 9.41. The summed E-state index contributed by atoms with van der Waals surface area (Å²) in [5.74, 6) is 0.283. The molecule has 0 aliphatic carbocycles. The molecule has 1 N–H and O–H groups in total. The van der Waals surface area contributed by atoms with E-state index in [-0.39, 0.29) is 35.1 Å². The topological polar surface area (TPSA) is 84.9 Å². The average Bonchev–Trinajstić information content (AvgIpc) is 2.67. The lowest BCUT2D eigenvalue weighted by atomic mass is 9.98. The van der Waals surface area contributed by atoms with Gasteiger partial charge in [0.2, 0.25) is 15.9 Å². The lowest BCUT2D eigenvalue weighted by Crippen LogP contribution is -2.47. The van der Waals surface area contributed by atoms with Crippen molar-refractivity contribution in [1.82, 2.24) is 9.62 Å². The lowest BCUT2D eigenvalue weighted by molar-refractivity contribution is -0.126. The molecule has 0 unspecified atom stereocenters. The summed E-state index contributed by atoms with van der Waals surface area (Å²) in [6.45, 7) is 4.60. The van der Waals surface area contributed by atoms with Crippen LogP contribution in [-0.2, 0) is 14.8 Å². The summed E-state index contributed by atoms with van der Waals surface area (Å²) in [6, 6.07) is 4.78. The third-order valence-corrected chi connectivity index (χ3v) is 6.74. The highest BCUT2D eigenvalue weighted by Gasteiger charge is 2.35. The molecular weight excluding hydrogens is 368 g/mol. The van der Waals surface area contributed by atoms with Crippen LogP contribution in [-0.4, -0.2) is 52.0 Å². The first-order valence-electron chi connectivity index (χ1n) is 9.36. The van der Waals surface area contributed by atoms with E-state index in [0.717, 1.165) is 12.8 Å². The second-order valence-corrected chi connectivity index (χ2v) is 8.82. The molecule has 1 saturated heterocycles. The van der Waals surface area contributed by atoms with Crippen molar-refractivity contribution in [3.05, 3.63) is 18.2 Å². The molecule has 1 heterocycles. The Bertz CT molecular complexity index is 750. The Hall–Kier alpha value is -1.80. The van der Waals surface area contributed by atoms with Crippen molar-refractivity contribution in [2.75, 3.05) is 27.3 Å². The second-order valence-electron chi connectivity index (χ2n) is 6.92. The summed E-state index contributed by atoms with van der Waals surface area (Å²) >= 11 is 0. The number of nitrogens with zero attached hydrogens (tertiary/aromatic N) is 1. The minimum atomic E-state index is -3.79. The normalized spacial score (nSPS) is 19.3. The van der Waals surface area contributed by atoms with Crippen molar-refractivity contribution >= 4 is 15.9 Å². The molecular formula is C19H30N2O5S. The molecule has 1 aromatic rings. The monoisotopic (exact) mass is 398 g/mol. The van der Waals surface area contributed by atoms with Crippen molar-refractivity contribution < 1.29 is 22.7 Å². The highest BCUT2D eigenvalue weighted by Crippen LogP contribution is 2.32. The van der Waals surface area contributed by atoms with E-state index in [1.54, 1.807) is 12.1 Å². The highest BCUT2D eigenvalue weighted by atomic mass is 32.2. The maximum atomic E-state index is 13.2. The van der Waals surface area contributed by atoms with Gasteiger partial charge in [-0.25, -0.2) is 8.42 Å². The van der Waals surface area contributed by atoms with Crippen molar-refractivity contribution in [3.63, 3.8) is 0 Å². The SMILES string of the molecule is CCC[C@@H](C)NC(=O)[C@H]1CCCN(S(=O)(=O)c2cc(OC)ccc2OC)C1. The summed E-state index contributed by atoms with van der Waals surface area (Å²) in [7, 11) is -0.878. The number of carbonyl (C=O) groups excluding carboxylic acids is 1. The van der Waals surface area contributed by atoms with Gasteiger partial charge in [-0.2, -0.15) is 4.31 Å². The van der Waals surface area contributed by atoms with Crippen LogP contribution in [0.25, 0.3) is 0 Å². The van der Waals surface area contributed by atoms with Gasteiger partial charge < -0.3 is 14.8 Å². The zero-order valence-corrected chi connectivity index (χ0v) is 17.3. The van der Waals surface area contributed by atoms with Crippen LogP contribution in [0, 0.1) is 5.92 Å². The molecule has 0 bridgehead atoms. The van der Waals surface area contributed by atoms with Crippen LogP contribution < -0.4 is 14.8 Å². The van der Waals surface area contributed by atoms with Crippen LogP contribution in [0.15, 0.2) is 23.1 Å². The van der Waals surface area contributed by atoms with E-state index in [9.17, 15) is 13.2 Å². The number of amides is 1. The highest BCUT2D eigenvalue weighted by molar-refractivity contribution is 7.89. The summed E-state index contributed by atoms with van der Waals surface area (Å²) in [5, 5.41) is 3.00. The van der Waals surface area contributed by atoms with Gasteiger partial charge in [-0.05, 0) is 38.3 Å². The Morgan fingerprint density at radius 2 is 2.07 bits per heavy atom. The van der Waals surface area contributed by atoms with Gasteiger partial charge in [-0.3, -0.25) is 4.79 Å². The fourth-order valence-electron chi connectivity index (χ4n) is 3.37. The molecule has 1 fully saturated rings. The quantitative estimate of drug-likeness (QED) is 0.727. The minimum Gasteiger partial charge on any atom is -0.497 e. The number of hydrogen-bond donors (Lipinski definition) is 1. The number of ether oxygens (including phenoxy) is 2. The van der Waals surface area contributed by atoms with Gasteiger partial charge in [0.05, 0.1) is 20.1 Å². The molecule has 0 aromatic heterocycles. The van der Waals surface area contributed by atoms with Gasteiger partial charge in [-0.15, -0.1) is 0 Å². The fraction of sp³-hybridized carbons (Fsp3) is 0.632. The standard InChI is InChI=1S/C19H30N2O5S/c1-5-7-14(2)20-19(22)15-8-6-11-21(13-15)27(23,24)18-12-16(25-3)9-10-17(18)26-4/h9-10,12,14-15H,5-8,11,13H2,1-4H3,(H,20,22)/t14-,15+/m1/s1. The molecule has 7 nitrogen and oxygen atoms in total. The Kier molecular flexibility index (Phi) is 7.49. The largest absolute Gasteiger partial charge is 0.497 e. The van der Waals surface area contributed by atoms with Crippen LogP contribution in [0.1, 0.15) is 39.5 Å². The van der Waals surface area contributed by atoms with E-state index in [0.29, 0.717) is 25.1 Å². The molecule has 2 atom stereocenters. The molecule has 1 aliphatic heterocycles. The zero-order valence-electron chi connectivity index (χ0n) is 16.5. The van der Waals surface area contributed by atoms with E-state index in [2.05, 4.69) is 12.2 Å². The van der Waals surface area contributed by atoms with Crippen LogP contribution >= 0.6 is 0 Å². The Morgan fingerprint density at radius 1 is 1.33 bits per heavy atom. The van der Waals surface area contributed by atoms with E-state index in [4.69, 9.17) is 9.47 Å². The first-order valence-corrected chi connectivity index (χ1v) is 10.8. The molecule has 1 aliphatic rings. The summed E-state index contributed by atoms with van der Waals surface area (Å²) < 4.78 is 38.1. The Morgan fingerprint density at radius 3 is 2.70 bits per heavy atom. The number of nitrogens with one attached hydrogen (secondary N) is 1. The molecule has 152 valence electrons. The first kappa shape index (κ1) is 21.5. The Labute approximate surface area is 162 Å². The van der Waals surface area contributed by atoms with Gasteiger partial charge in [0.25, 0.3) is 0 Å². The predicted molar refractivity (Wildman–Crippen MR) is 104 cm³/mol. The maximum Gasteiger partial charge on any atom is 0.246 e. The molecule has 0 saturated carbocycles. The fourth-order valence-corrected chi connectivity index (χ4v) is 5.06. The number of methoxy groups -OCH3 is 2. The van der Waals surface area contributed by atoms with Crippen LogP contribution in [0.2, 0.25) is 0 Å². The van der Waals surface area contributed by atoms with Crippen molar-refractivity contribution in [3.8, 4) is 11.5 Å². The predicted octanol–water partition coefficient (Wildman–Crippen LogP) is 2.41. The third kappa shape index (κ3) is 5.13. The maximum absolute atomic E-state index is 13.2. The van der Waals surface area contributed by atoms with Crippen LogP contribution in [0.3, 0.4) is 0 Å². The number of benzene rings is 1. The summed E-state index contributed by atoms with van der Waals surface area (Å²) in [6.07, 6.45) is 3.22. The molecule has 0 radical (unpaired) electrons. The van der Waals surface area contributed by atoms with Gasteiger partial charge in [0, 0.05) is 25.2 Å². The molecule has 8 heteroatoms. The smallest absolute Gasteiger partial charge is 0.246 e. The number of sulfonamides is 1. The summed E-state index contributed by atoms with van der Waals surface area (Å²) in [4.78, 5) is 12.6. The van der Waals surface area contributed by atoms with Crippen LogP contribution in [0.5, 0.6) is 11.5 Å². The number of carbonyl (C=O) groups is 1. The zero-order chi connectivity index (χ0) is 20.0. The molecule has 1 amide bonds. The van der Waals surface area contributed by atoms with Gasteiger partial charge in [-0.1, -0.05) is 13.3 Å². The van der Waals surface area contributed by atoms with Gasteiger partial charge in [0.1, 0.15) is 16.4 Å². The molecule has 0 spiro atoms. The van der Waals surface area contributed by atoms with E-state index >= 15 is 0 Å². The number of rotatable bonds is 8. The van der Waals surface area contributed by atoms with Gasteiger partial charge >= 0.3 is 0 Å². The van der Waals surface area contributed by atoms with E-state index in [1.807, 2.05) is 6.92 Å². The van der Waals surface area contributed by atoms with E-state index < -0.39 is 10.0 Å². The molecule has 27 heavy (non-hydrogen) atoms. The average molecular weight is 399 g/mol. The number of hydrogen-bond acceptors (Lipinski definition) is 5. The van der Waals surface area contributed by atoms with E-state index in [1.165, 1.54) is 24.6 Å². The van der Waals surface area contributed by atoms with Crippen molar-refractivity contribution in [1.29, 1.82) is 0 Å². The third-order valence-electron chi connectivity index (χ3n) is 4.85. The van der Waals surface area contributed by atoms with Crippen LogP contribution in [0.4, 0.5) is 0 Å².